The van der Waals surface area contributed by atoms with Gasteiger partial charge in [0.1, 0.15) is 12.2 Å². The first kappa shape index (κ1) is 15.9. The van der Waals surface area contributed by atoms with E-state index < -0.39 is 10.0 Å². The minimum Gasteiger partial charge on any atom is -0.319 e. The third-order valence-corrected chi connectivity index (χ3v) is 5.47. The average Bonchev–Trinajstić information content (AvgIpc) is 2.81. The first-order valence-electron chi connectivity index (χ1n) is 7.51. The van der Waals surface area contributed by atoms with Crippen LogP contribution in [0.1, 0.15) is 24.4 Å². The van der Waals surface area contributed by atoms with Gasteiger partial charge in [0.15, 0.2) is 0 Å². The van der Waals surface area contributed by atoms with Crippen LogP contribution in [0.4, 0.5) is 5.69 Å². The van der Waals surface area contributed by atoms with E-state index in [0.717, 1.165) is 17.1 Å². The molecule has 7 nitrogen and oxygen atoms in total. The molecule has 0 fully saturated rings. The third kappa shape index (κ3) is 3.09. The smallest absolute Gasteiger partial charge is 0.232 e. The molecule has 0 bridgehead atoms. The number of benzene rings is 1. The Morgan fingerprint density at radius 1 is 1.22 bits per heavy atom. The normalized spacial score (nSPS) is 17.6. The lowest BCUT2D eigenvalue weighted by Crippen LogP contribution is -2.36. The van der Waals surface area contributed by atoms with Crippen molar-refractivity contribution in [1.82, 2.24) is 19.7 Å². The van der Waals surface area contributed by atoms with E-state index in [1.165, 1.54) is 10.6 Å². The second kappa shape index (κ2) is 5.93. The molecule has 0 saturated heterocycles. The van der Waals surface area contributed by atoms with E-state index in [4.69, 9.17) is 0 Å². The lowest BCUT2D eigenvalue weighted by atomic mass is 10.1. The topological polar surface area (TPSA) is 71.3 Å². The highest BCUT2D eigenvalue weighted by Crippen LogP contribution is 2.30. The van der Waals surface area contributed by atoms with Gasteiger partial charge in [-0.1, -0.05) is 18.2 Å². The molecule has 1 unspecified atom stereocenters. The maximum atomic E-state index is 12.1. The largest absolute Gasteiger partial charge is 0.319 e. The second-order valence-corrected chi connectivity index (χ2v) is 7.82. The molecule has 0 saturated carbocycles. The molecule has 0 N–H and O–H groups in total. The van der Waals surface area contributed by atoms with Gasteiger partial charge in [-0.15, -0.1) is 10.2 Å². The molecule has 1 aromatic heterocycles. The van der Waals surface area contributed by atoms with Gasteiger partial charge in [0.2, 0.25) is 10.0 Å². The van der Waals surface area contributed by atoms with E-state index in [2.05, 4.69) is 22.0 Å². The van der Waals surface area contributed by atoms with Crippen LogP contribution in [0, 0.1) is 0 Å². The van der Waals surface area contributed by atoms with Crippen molar-refractivity contribution in [2.24, 2.45) is 7.05 Å². The monoisotopic (exact) mass is 335 g/mol. The summed E-state index contributed by atoms with van der Waals surface area (Å²) in [6.07, 6.45) is 2.94. The van der Waals surface area contributed by atoms with Crippen molar-refractivity contribution in [3.8, 4) is 0 Å². The Morgan fingerprint density at radius 3 is 2.61 bits per heavy atom. The summed E-state index contributed by atoms with van der Waals surface area (Å²) in [4.78, 5) is 2.23. The van der Waals surface area contributed by atoms with Gasteiger partial charge in [-0.05, 0) is 18.6 Å². The average molecular weight is 335 g/mol. The molecule has 1 atom stereocenters. The first-order valence-corrected chi connectivity index (χ1v) is 9.36. The van der Waals surface area contributed by atoms with E-state index in [9.17, 15) is 8.42 Å². The van der Waals surface area contributed by atoms with Crippen LogP contribution < -0.4 is 4.31 Å². The van der Waals surface area contributed by atoms with E-state index in [1.807, 2.05) is 35.9 Å². The van der Waals surface area contributed by atoms with Crippen LogP contribution in [0.5, 0.6) is 0 Å². The summed E-state index contributed by atoms with van der Waals surface area (Å²) in [7, 11) is -1.38. The highest BCUT2D eigenvalue weighted by Gasteiger charge is 2.28. The Morgan fingerprint density at radius 2 is 1.96 bits per heavy atom. The Bertz CT molecular complexity index is 802. The van der Waals surface area contributed by atoms with Crippen molar-refractivity contribution in [3.05, 3.63) is 42.0 Å². The molecule has 0 aliphatic carbocycles. The summed E-state index contributed by atoms with van der Waals surface area (Å²) in [6, 6.07) is 7.71. The standard InChI is InChI=1S/C15H21N5O2S/c1-12(15-17-16-11-18(15)2)19-8-9-20(23(3,21)22)14-7-5-4-6-13(14)10-19/h4-7,11-12H,8-10H2,1-3H3. The molecule has 1 aliphatic heterocycles. The highest BCUT2D eigenvalue weighted by molar-refractivity contribution is 7.92. The molecule has 1 aromatic carbocycles. The van der Waals surface area contributed by atoms with E-state index in [0.29, 0.717) is 19.6 Å². The summed E-state index contributed by atoms with van der Waals surface area (Å²) in [5.74, 6) is 0.871. The number of anilines is 1. The van der Waals surface area contributed by atoms with Crippen molar-refractivity contribution in [2.45, 2.75) is 19.5 Å². The number of aromatic nitrogens is 3. The number of nitrogens with zero attached hydrogens (tertiary/aromatic N) is 5. The number of hydrogen-bond donors (Lipinski definition) is 0. The molecule has 8 heteroatoms. The van der Waals surface area contributed by atoms with Crippen molar-refractivity contribution in [3.63, 3.8) is 0 Å². The van der Waals surface area contributed by atoms with E-state index in [-0.39, 0.29) is 6.04 Å². The van der Waals surface area contributed by atoms with Crippen molar-refractivity contribution in [1.29, 1.82) is 0 Å². The van der Waals surface area contributed by atoms with Gasteiger partial charge in [0, 0.05) is 26.7 Å². The molecule has 2 heterocycles. The fourth-order valence-electron chi connectivity index (χ4n) is 3.03. The summed E-state index contributed by atoms with van der Waals surface area (Å²) in [5, 5.41) is 8.12. The van der Waals surface area contributed by atoms with Crippen molar-refractivity contribution >= 4 is 15.7 Å². The molecule has 1 aliphatic rings. The van der Waals surface area contributed by atoms with Crippen LogP contribution >= 0.6 is 0 Å². The van der Waals surface area contributed by atoms with Gasteiger partial charge in [0.05, 0.1) is 18.0 Å². The SMILES string of the molecule is CC(c1nncn1C)N1CCN(S(C)(=O)=O)c2ccccc2C1. The summed E-state index contributed by atoms with van der Waals surface area (Å²) < 4.78 is 27.7. The minimum atomic E-state index is -3.30. The van der Waals surface area contributed by atoms with Crippen molar-refractivity contribution in [2.75, 3.05) is 23.7 Å². The number of aryl methyl sites for hydroxylation is 1. The van der Waals surface area contributed by atoms with Crippen molar-refractivity contribution < 1.29 is 8.42 Å². The zero-order valence-corrected chi connectivity index (χ0v) is 14.4. The zero-order valence-electron chi connectivity index (χ0n) is 13.5. The minimum absolute atomic E-state index is 0.0510. The van der Waals surface area contributed by atoms with Gasteiger partial charge in [-0.3, -0.25) is 9.21 Å². The van der Waals surface area contributed by atoms with E-state index >= 15 is 0 Å². The summed E-state index contributed by atoms with van der Waals surface area (Å²) in [6.45, 7) is 3.81. The molecule has 0 radical (unpaired) electrons. The Kier molecular flexibility index (Phi) is 4.11. The molecule has 0 amide bonds. The molecule has 0 spiro atoms. The molecule has 2 aromatic rings. The third-order valence-electron chi connectivity index (χ3n) is 4.29. The van der Waals surface area contributed by atoms with Gasteiger partial charge >= 0.3 is 0 Å². The van der Waals surface area contributed by atoms with Crippen LogP contribution in [-0.4, -0.2) is 47.4 Å². The molecule has 23 heavy (non-hydrogen) atoms. The number of fused-ring (bicyclic) bond motifs is 1. The van der Waals surface area contributed by atoms with Crippen LogP contribution in [0.2, 0.25) is 0 Å². The highest BCUT2D eigenvalue weighted by atomic mass is 32.2. The van der Waals surface area contributed by atoms with Gasteiger partial charge in [0.25, 0.3) is 0 Å². The first-order chi connectivity index (χ1) is 10.9. The number of rotatable bonds is 3. The maximum Gasteiger partial charge on any atom is 0.232 e. The predicted octanol–water partition coefficient (Wildman–Crippen LogP) is 1.16. The van der Waals surface area contributed by atoms with Crippen LogP contribution in [0.25, 0.3) is 0 Å². The summed E-state index contributed by atoms with van der Waals surface area (Å²) >= 11 is 0. The van der Waals surface area contributed by atoms with Gasteiger partial charge in [-0.2, -0.15) is 0 Å². The molecule has 124 valence electrons. The van der Waals surface area contributed by atoms with Gasteiger partial charge in [-0.25, -0.2) is 8.42 Å². The number of sulfonamides is 1. The van der Waals surface area contributed by atoms with Gasteiger partial charge < -0.3 is 4.57 Å². The fraction of sp³-hybridized carbons (Fsp3) is 0.467. The Labute approximate surface area is 136 Å². The number of para-hydroxylation sites is 1. The Balaban J connectivity index is 1.96. The van der Waals surface area contributed by atoms with Crippen LogP contribution in [0.3, 0.4) is 0 Å². The molecular weight excluding hydrogens is 314 g/mol. The zero-order chi connectivity index (χ0) is 16.6. The van der Waals surface area contributed by atoms with Crippen LogP contribution in [-0.2, 0) is 23.6 Å². The quantitative estimate of drug-likeness (QED) is 0.842. The second-order valence-electron chi connectivity index (χ2n) is 5.91. The van der Waals surface area contributed by atoms with E-state index in [1.54, 1.807) is 6.33 Å². The summed E-state index contributed by atoms with van der Waals surface area (Å²) in [5.41, 5.74) is 1.77. The fourth-order valence-corrected chi connectivity index (χ4v) is 3.98. The predicted molar refractivity (Wildman–Crippen MR) is 88.5 cm³/mol. The molecular formula is C15H21N5O2S. The van der Waals surface area contributed by atoms with Crippen LogP contribution in [0.15, 0.2) is 30.6 Å². The number of hydrogen-bond acceptors (Lipinski definition) is 5. The lowest BCUT2D eigenvalue weighted by Gasteiger charge is -2.27. The lowest BCUT2D eigenvalue weighted by molar-refractivity contribution is 0.201. The maximum absolute atomic E-state index is 12.1. The Hall–Kier alpha value is -1.93. The molecule has 3 rings (SSSR count).